The number of esters is 1. The summed E-state index contributed by atoms with van der Waals surface area (Å²) in [6.07, 6.45) is 1.91. The molecular formula is C14H18N2O6S. The molecule has 0 saturated carbocycles. The molecule has 1 aromatic rings. The fraction of sp³-hybridized carbons (Fsp3) is 0.429. The highest BCUT2D eigenvalue weighted by Gasteiger charge is 2.29. The predicted octanol–water partition coefficient (Wildman–Crippen LogP) is 1.07. The van der Waals surface area contributed by atoms with Crippen LogP contribution in [0.5, 0.6) is 0 Å². The number of carbonyl (C=O) groups excluding carboxylic acids is 3. The van der Waals surface area contributed by atoms with Crippen LogP contribution in [0, 0.1) is 0 Å². The van der Waals surface area contributed by atoms with Crippen LogP contribution in [0.4, 0.5) is 0 Å². The highest BCUT2D eigenvalue weighted by atomic mass is 32.2. The molecular weight excluding hydrogens is 324 g/mol. The molecule has 0 saturated heterocycles. The monoisotopic (exact) mass is 342 g/mol. The molecule has 0 atom stereocenters. The van der Waals surface area contributed by atoms with Gasteiger partial charge in [0.25, 0.3) is 0 Å². The molecule has 1 rings (SSSR count). The van der Waals surface area contributed by atoms with Crippen molar-refractivity contribution in [2.24, 2.45) is 5.73 Å². The average Bonchev–Trinajstić information content (AvgIpc) is 3.00. The summed E-state index contributed by atoms with van der Waals surface area (Å²) >= 11 is 1.23. The number of nitrogens with two attached hydrogens (primary N) is 1. The van der Waals surface area contributed by atoms with Gasteiger partial charge in [0.15, 0.2) is 6.29 Å². The normalized spacial score (nSPS) is 11.3. The maximum Gasteiger partial charge on any atom is 0.361 e. The van der Waals surface area contributed by atoms with E-state index in [1.54, 1.807) is 13.0 Å². The number of rotatable bonds is 10. The van der Waals surface area contributed by atoms with E-state index in [1.165, 1.54) is 11.8 Å². The first-order valence-electron chi connectivity index (χ1n) is 6.75. The lowest BCUT2D eigenvalue weighted by atomic mass is 10.1. The van der Waals surface area contributed by atoms with E-state index >= 15 is 0 Å². The Labute approximate surface area is 137 Å². The Morgan fingerprint density at radius 2 is 2.13 bits per heavy atom. The molecule has 126 valence electrons. The molecule has 0 bridgehead atoms. The van der Waals surface area contributed by atoms with E-state index in [0.29, 0.717) is 36.7 Å². The standard InChI is InChI=1S/C14H18N2O6S/c1-3-10(23-7-6-21-5-4-15)13(18)11-9(8-17)22-16-12(11)14(19)20-2/h3,8H,4-7,15H2,1-2H3/b10-3+. The van der Waals surface area contributed by atoms with Gasteiger partial charge in [-0.2, -0.15) is 0 Å². The van der Waals surface area contributed by atoms with E-state index in [2.05, 4.69) is 9.89 Å². The van der Waals surface area contributed by atoms with Crippen molar-refractivity contribution in [2.45, 2.75) is 6.92 Å². The quantitative estimate of drug-likeness (QED) is 0.219. The highest BCUT2D eigenvalue weighted by Crippen LogP contribution is 2.25. The summed E-state index contributed by atoms with van der Waals surface area (Å²) in [6.45, 7) is 2.95. The maximum atomic E-state index is 12.6. The van der Waals surface area contributed by atoms with E-state index in [-0.39, 0.29) is 17.0 Å². The van der Waals surface area contributed by atoms with Crippen LogP contribution in [0.1, 0.15) is 38.3 Å². The van der Waals surface area contributed by atoms with Gasteiger partial charge in [0, 0.05) is 12.3 Å². The third-order valence-electron chi connectivity index (χ3n) is 2.66. The van der Waals surface area contributed by atoms with E-state index in [9.17, 15) is 14.4 Å². The Kier molecular flexibility index (Phi) is 8.23. The Bertz CT molecular complexity index is 596. The van der Waals surface area contributed by atoms with Gasteiger partial charge in [-0.25, -0.2) is 4.79 Å². The molecule has 0 amide bonds. The van der Waals surface area contributed by atoms with Crippen molar-refractivity contribution < 1.29 is 28.4 Å². The van der Waals surface area contributed by atoms with E-state index in [4.69, 9.17) is 15.0 Å². The number of hydrogen-bond acceptors (Lipinski definition) is 9. The van der Waals surface area contributed by atoms with Gasteiger partial charge in [-0.3, -0.25) is 9.59 Å². The highest BCUT2D eigenvalue weighted by molar-refractivity contribution is 8.04. The number of aromatic nitrogens is 1. The second kappa shape index (κ2) is 9.93. The second-order valence-corrected chi connectivity index (χ2v) is 5.25. The zero-order valence-corrected chi connectivity index (χ0v) is 13.7. The van der Waals surface area contributed by atoms with Gasteiger partial charge in [-0.1, -0.05) is 11.2 Å². The number of allylic oxidation sites excluding steroid dienone is 2. The molecule has 0 radical (unpaired) electrons. The predicted molar refractivity (Wildman–Crippen MR) is 83.6 cm³/mol. The second-order valence-electron chi connectivity index (χ2n) is 4.11. The van der Waals surface area contributed by atoms with Crippen molar-refractivity contribution in [2.75, 3.05) is 32.6 Å². The van der Waals surface area contributed by atoms with Gasteiger partial charge in [-0.05, 0) is 6.92 Å². The molecule has 1 aromatic heterocycles. The molecule has 2 N–H and O–H groups in total. The van der Waals surface area contributed by atoms with E-state index in [0.717, 1.165) is 7.11 Å². The zero-order chi connectivity index (χ0) is 17.2. The Hall–Kier alpha value is -1.97. The van der Waals surface area contributed by atoms with Gasteiger partial charge in [0.05, 0.1) is 25.2 Å². The molecule has 0 fully saturated rings. The summed E-state index contributed by atoms with van der Waals surface area (Å²) in [7, 11) is 1.14. The Morgan fingerprint density at radius 3 is 2.70 bits per heavy atom. The number of thioether (sulfide) groups is 1. The smallest absolute Gasteiger partial charge is 0.361 e. The fourth-order valence-corrected chi connectivity index (χ4v) is 2.46. The first-order valence-corrected chi connectivity index (χ1v) is 7.74. The maximum absolute atomic E-state index is 12.6. The summed E-state index contributed by atoms with van der Waals surface area (Å²) in [6, 6.07) is 0. The van der Waals surface area contributed by atoms with E-state index < -0.39 is 11.8 Å². The third-order valence-corrected chi connectivity index (χ3v) is 3.77. The molecule has 8 nitrogen and oxygen atoms in total. The van der Waals surface area contributed by atoms with Crippen molar-refractivity contribution >= 4 is 29.8 Å². The van der Waals surface area contributed by atoms with Gasteiger partial charge in [0.2, 0.25) is 17.2 Å². The SMILES string of the molecule is C/C=C(/SCCOCCN)C(=O)c1c(C(=O)OC)noc1C=O. The minimum Gasteiger partial charge on any atom is -0.464 e. The van der Waals surface area contributed by atoms with Gasteiger partial charge >= 0.3 is 5.97 Å². The van der Waals surface area contributed by atoms with Crippen molar-refractivity contribution in [1.29, 1.82) is 0 Å². The molecule has 9 heteroatoms. The topological polar surface area (TPSA) is 122 Å². The average molecular weight is 342 g/mol. The molecule has 0 spiro atoms. The lowest BCUT2D eigenvalue weighted by molar-refractivity contribution is 0.0586. The van der Waals surface area contributed by atoms with Crippen LogP contribution >= 0.6 is 11.8 Å². The van der Waals surface area contributed by atoms with Crippen LogP contribution in [-0.2, 0) is 9.47 Å². The Balaban J connectivity index is 2.91. The third kappa shape index (κ3) is 5.02. The summed E-state index contributed by atoms with van der Waals surface area (Å²) < 4.78 is 14.5. The van der Waals surface area contributed by atoms with Crippen molar-refractivity contribution in [3.05, 3.63) is 28.0 Å². The van der Waals surface area contributed by atoms with Crippen LogP contribution < -0.4 is 5.73 Å². The number of hydrogen-bond donors (Lipinski definition) is 1. The van der Waals surface area contributed by atoms with Gasteiger partial charge in [0.1, 0.15) is 5.56 Å². The minimum atomic E-state index is -0.850. The number of Topliss-reactive ketones (excluding diaryl/α,β-unsaturated/α-hetero) is 1. The molecule has 23 heavy (non-hydrogen) atoms. The number of ether oxygens (including phenoxy) is 2. The molecule has 1 heterocycles. The van der Waals surface area contributed by atoms with Gasteiger partial charge < -0.3 is 19.7 Å². The number of ketones is 1. The van der Waals surface area contributed by atoms with E-state index in [1.807, 2.05) is 0 Å². The number of aldehydes is 1. The summed E-state index contributed by atoms with van der Waals surface area (Å²) in [4.78, 5) is 35.5. The number of methoxy groups -OCH3 is 1. The molecule has 0 aromatic carbocycles. The van der Waals surface area contributed by atoms with Crippen molar-refractivity contribution in [1.82, 2.24) is 5.16 Å². The van der Waals surface area contributed by atoms with Crippen LogP contribution in [0.25, 0.3) is 0 Å². The summed E-state index contributed by atoms with van der Waals surface area (Å²) in [5.74, 6) is -1.17. The van der Waals surface area contributed by atoms with Gasteiger partial charge in [-0.15, -0.1) is 11.8 Å². The first kappa shape index (κ1) is 19.1. The minimum absolute atomic E-state index is 0.199. The van der Waals surface area contributed by atoms with Crippen molar-refractivity contribution in [3.8, 4) is 0 Å². The molecule has 0 aliphatic rings. The molecule has 0 unspecified atom stereocenters. The van der Waals surface area contributed by atoms with Crippen LogP contribution in [0.2, 0.25) is 0 Å². The van der Waals surface area contributed by atoms with Crippen molar-refractivity contribution in [3.63, 3.8) is 0 Å². The zero-order valence-electron chi connectivity index (χ0n) is 12.9. The Morgan fingerprint density at radius 1 is 1.39 bits per heavy atom. The number of nitrogens with zero attached hydrogens (tertiary/aromatic N) is 1. The molecule has 0 aliphatic carbocycles. The van der Waals surface area contributed by atoms with Crippen LogP contribution in [0.15, 0.2) is 15.5 Å². The lowest BCUT2D eigenvalue weighted by Crippen LogP contribution is -2.13. The van der Waals surface area contributed by atoms with Crippen LogP contribution in [-0.4, -0.2) is 55.8 Å². The first-order chi connectivity index (χ1) is 11.1. The fourth-order valence-electron chi connectivity index (χ4n) is 1.64. The number of carbonyl (C=O) groups is 3. The largest absolute Gasteiger partial charge is 0.464 e. The summed E-state index contributed by atoms with van der Waals surface area (Å²) in [5.41, 5.74) is 4.79. The lowest BCUT2D eigenvalue weighted by Gasteiger charge is -2.06. The molecule has 0 aliphatic heterocycles. The summed E-state index contributed by atoms with van der Waals surface area (Å²) in [5, 5.41) is 3.44. The van der Waals surface area contributed by atoms with Crippen LogP contribution in [0.3, 0.4) is 0 Å².